The van der Waals surface area contributed by atoms with Gasteiger partial charge in [0.1, 0.15) is 6.55 Å². The molecular weight excluding hydrogens is 375 g/mol. The molecule has 1 N–H and O–H groups in total. The van der Waals surface area contributed by atoms with Crippen LogP contribution in [0.15, 0.2) is 60.7 Å². The fraction of sp³-hybridized carbons (Fsp3) is 0.455. The van der Waals surface area contributed by atoms with E-state index in [2.05, 4.69) is 72.9 Å². The number of benzene rings is 2. The second-order valence-electron chi connectivity index (χ2n) is 6.72. The maximum absolute atomic E-state index is 9.15. The minimum atomic E-state index is -1.07. The van der Waals surface area contributed by atoms with Crippen LogP contribution in [0.25, 0.3) is 0 Å². The molecule has 0 radical (unpaired) electrons. The Morgan fingerprint density at radius 1 is 0.731 bits per heavy atom. The Labute approximate surface area is 169 Å². The van der Waals surface area contributed by atoms with Crippen molar-refractivity contribution in [3.63, 3.8) is 0 Å². The van der Waals surface area contributed by atoms with Crippen LogP contribution in [0.5, 0.6) is 0 Å². The number of unbranched alkanes of at least 4 members (excludes halogenated alkanes) is 6. The van der Waals surface area contributed by atoms with Crippen molar-refractivity contribution in [3.8, 4) is 0 Å². The van der Waals surface area contributed by atoms with Crippen molar-refractivity contribution in [2.24, 2.45) is 0 Å². The zero-order chi connectivity index (χ0) is 18.5. The summed E-state index contributed by atoms with van der Waals surface area (Å²) in [7, 11) is 0. The molecule has 1 unspecified atom stereocenters. The first-order chi connectivity index (χ1) is 12.8. The van der Waals surface area contributed by atoms with Crippen molar-refractivity contribution >= 4 is 30.2 Å². The van der Waals surface area contributed by atoms with Crippen molar-refractivity contribution < 1.29 is 4.89 Å². The first kappa shape index (κ1) is 21.8. The smallest absolute Gasteiger partial charge is 0.145 e. The van der Waals surface area contributed by atoms with E-state index >= 15 is 0 Å². The second-order valence-corrected chi connectivity index (χ2v) is 11.7. The SMILES string of the molecule is OP(S)SCCCCCCCCCC(c1ccccc1)c1ccccc1. The molecule has 4 heteroatoms. The Morgan fingerprint density at radius 3 is 1.69 bits per heavy atom. The number of hydrogen-bond acceptors (Lipinski definition) is 3. The Bertz CT molecular complexity index is 538. The van der Waals surface area contributed by atoms with E-state index in [1.54, 1.807) is 11.4 Å². The van der Waals surface area contributed by atoms with Crippen LogP contribution in [0, 0.1) is 0 Å². The lowest BCUT2D eigenvalue weighted by Gasteiger charge is -2.18. The molecule has 0 fully saturated rings. The summed E-state index contributed by atoms with van der Waals surface area (Å²) in [5.41, 5.74) is 2.87. The predicted octanol–water partition coefficient (Wildman–Crippen LogP) is 7.82. The standard InChI is InChI=1S/C22H31OPS2/c23-24(25)26-19-13-5-3-1-2-4-12-18-22(20-14-8-6-9-15-20)21-16-10-7-11-17-21/h6-11,14-17,22-23,25H,1-5,12-13,18-19H2. The van der Waals surface area contributed by atoms with Crippen LogP contribution < -0.4 is 0 Å². The van der Waals surface area contributed by atoms with E-state index < -0.39 is 6.55 Å². The predicted molar refractivity (Wildman–Crippen MR) is 122 cm³/mol. The minimum Gasteiger partial charge on any atom is -0.355 e. The lowest BCUT2D eigenvalue weighted by atomic mass is 9.87. The molecule has 2 aromatic carbocycles. The molecule has 2 aromatic rings. The Kier molecular flexibility index (Phi) is 11.5. The van der Waals surface area contributed by atoms with Crippen LogP contribution in [0.2, 0.25) is 0 Å². The highest BCUT2D eigenvalue weighted by Gasteiger charge is 2.13. The van der Waals surface area contributed by atoms with Crippen molar-refractivity contribution in [3.05, 3.63) is 71.8 Å². The quantitative estimate of drug-likeness (QED) is 0.201. The maximum atomic E-state index is 9.15. The third-order valence-corrected chi connectivity index (χ3v) is 7.73. The van der Waals surface area contributed by atoms with Gasteiger partial charge in [0, 0.05) is 11.7 Å². The normalized spacial score (nSPS) is 12.4. The van der Waals surface area contributed by atoms with Crippen LogP contribution >= 0.6 is 30.2 Å². The number of rotatable bonds is 13. The van der Waals surface area contributed by atoms with Crippen molar-refractivity contribution in [2.45, 2.75) is 57.3 Å². The molecule has 0 aliphatic rings. The van der Waals surface area contributed by atoms with E-state index in [0.29, 0.717) is 5.92 Å². The molecule has 1 atom stereocenters. The van der Waals surface area contributed by atoms with Crippen LogP contribution in [-0.4, -0.2) is 10.6 Å². The van der Waals surface area contributed by atoms with Gasteiger partial charge < -0.3 is 4.89 Å². The molecule has 0 aliphatic carbocycles. The fourth-order valence-electron chi connectivity index (χ4n) is 3.38. The molecule has 1 nitrogen and oxygen atoms in total. The largest absolute Gasteiger partial charge is 0.355 e. The zero-order valence-corrected chi connectivity index (χ0v) is 18.1. The topological polar surface area (TPSA) is 20.2 Å². The molecule has 26 heavy (non-hydrogen) atoms. The van der Waals surface area contributed by atoms with Gasteiger partial charge in [0.15, 0.2) is 0 Å². The molecule has 0 aromatic heterocycles. The zero-order valence-electron chi connectivity index (χ0n) is 15.5. The lowest BCUT2D eigenvalue weighted by molar-refractivity contribution is 0.559. The summed E-state index contributed by atoms with van der Waals surface area (Å²) in [6.45, 7) is -1.07. The molecule has 0 saturated carbocycles. The summed E-state index contributed by atoms with van der Waals surface area (Å²) < 4.78 is 0. The van der Waals surface area contributed by atoms with Gasteiger partial charge in [0.05, 0.1) is 0 Å². The Hall–Kier alpha value is -0.470. The lowest BCUT2D eigenvalue weighted by Crippen LogP contribution is -2.01. The van der Waals surface area contributed by atoms with E-state index in [9.17, 15) is 0 Å². The monoisotopic (exact) mass is 406 g/mol. The van der Waals surface area contributed by atoms with Gasteiger partial charge >= 0.3 is 0 Å². The number of thiol groups is 1. The van der Waals surface area contributed by atoms with E-state index in [4.69, 9.17) is 4.89 Å². The molecule has 0 amide bonds. The molecule has 0 bridgehead atoms. The van der Waals surface area contributed by atoms with Crippen LogP contribution in [0.3, 0.4) is 0 Å². The van der Waals surface area contributed by atoms with Gasteiger partial charge in [-0.05, 0) is 24.0 Å². The third-order valence-electron chi connectivity index (χ3n) is 4.75. The van der Waals surface area contributed by atoms with Gasteiger partial charge in [-0.15, -0.1) is 12.2 Å². The minimum absolute atomic E-state index is 0.518. The van der Waals surface area contributed by atoms with E-state index in [1.165, 1.54) is 62.5 Å². The molecular formula is C22H31OPS2. The van der Waals surface area contributed by atoms with E-state index in [0.717, 1.165) is 5.75 Å². The molecule has 0 saturated heterocycles. The molecule has 142 valence electrons. The first-order valence-corrected chi connectivity index (χ1v) is 13.7. The number of hydrogen-bond donors (Lipinski definition) is 2. The van der Waals surface area contributed by atoms with Crippen LogP contribution in [0.1, 0.15) is 68.4 Å². The third kappa shape index (κ3) is 8.95. The summed E-state index contributed by atoms with van der Waals surface area (Å²) in [6, 6.07) is 21.9. The van der Waals surface area contributed by atoms with E-state index in [-0.39, 0.29) is 0 Å². The van der Waals surface area contributed by atoms with Crippen molar-refractivity contribution in [1.29, 1.82) is 0 Å². The van der Waals surface area contributed by atoms with Crippen molar-refractivity contribution in [1.82, 2.24) is 0 Å². The summed E-state index contributed by atoms with van der Waals surface area (Å²) in [4.78, 5) is 9.15. The van der Waals surface area contributed by atoms with Gasteiger partial charge in [-0.25, -0.2) is 0 Å². The summed E-state index contributed by atoms with van der Waals surface area (Å²) in [6.07, 6.45) is 10.3. The fourth-order valence-corrected chi connectivity index (χ4v) is 5.49. The van der Waals surface area contributed by atoms with Crippen LogP contribution in [-0.2, 0) is 0 Å². The summed E-state index contributed by atoms with van der Waals surface area (Å²) in [5, 5.41) is 0. The molecule has 0 aliphatic heterocycles. The maximum Gasteiger partial charge on any atom is 0.145 e. The second kappa shape index (κ2) is 13.7. The van der Waals surface area contributed by atoms with Gasteiger partial charge in [-0.1, -0.05) is 111 Å². The molecule has 2 rings (SSSR count). The average molecular weight is 407 g/mol. The highest BCUT2D eigenvalue weighted by molar-refractivity contribution is 8.81. The van der Waals surface area contributed by atoms with Gasteiger partial charge in [-0.2, -0.15) is 0 Å². The molecule has 0 heterocycles. The average Bonchev–Trinajstić information content (AvgIpc) is 2.67. The highest BCUT2D eigenvalue weighted by atomic mass is 33.1. The van der Waals surface area contributed by atoms with Crippen LogP contribution in [0.4, 0.5) is 0 Å². The van der Waals surface area contributed by atoms with Gasteiger partial charge in [0.25, 0.3) is 0 Å². The highest BCUT2D eigenvalue weighted by Crippen LogP contribution is 2.49. The van der Waals surface area contributed by atoms with E-state index in [1.807, 2.05) is 0 Å². The van der Waals surface area contributed by atoms with Crippen molar-refractivity contribution in [2.75, 3.05) is 5.75 Å². The van der Waals surface area contributed by atoms with Gasteiger partial charge in [0.2, 0.25) is 0 Å². The van der Waals surface area contributed by atoms with Gasteiger partial charge in [-0.3, -0.25) is 0 Å². The first-order valence-electron chi connectivity index (χ1n) is 9.68. The Balaban J connectivity index is 1.65. The summed E-state index contributed by atoms with van der Waals surface area (Å²) in [5.74, 6) is 1.56. The Morgan fingerprint density at radius 2 is 1.19 bits per heavy atom. The summed E-state index contributed by atoms with van der Waals surface area (Å²) >= 11 is 5.62. The molecule has 0 spiro atoms.